The number of nitrogens with one attached hydrogen (secondary N) is 1. The Kier molecular flexibility index (Phi) is 4.25. The molecule has 3 N–H and O–H groups in total. The number of nitrogens with zero attached hydrogens (tertiary/aromatic N) is 2. The average Bonchev–Trinajstić information content (AvgIpc) is 3.16. The van der Waals surface area contributed by atoms with Gasteiger partial charge in [-0.2, -0.15) is 4.98 Å². The van der Waals surface area contributed by atoms with Gasteiger partial charge in [0.2, 0.25) is 5.91 Å². The van der Waals surface area contributed by atoms with Crippen LogP contribution in [-0.2, 0) is 10.3 Å². The van der Waals surface area contributed by atoms with E-state index in [-0.39, 0.29) is 5.91 Å². The summed E-state index contributed by atoms with van der Waals surface area (Å²) < 4.78 is 5.26. The van der Waals surface area contributed by atoms with Gasteiger partial charge in [-0.3, -0.25) is 4.79 Å². The van der Waals surface area contributed by atoms with Crippen molar-refractivity contribution < 1.29 is 9.32 Å². The van der Waals surface area contributed by atoms with Gasteiger partial charge in [-0.25, -0.2) is 0 Å². The van der Waals surface area contributed by atoms with Gasteiger partial charge in [0.1, 0.15) is 0 Å². The second-order valence-electron chi connectivity index (χ2n) is 5.96. The van der Waals surface area contributed by atoms with E-state index in [0.717, 1.165) is 36.9 Å². The van der Waals surface area contributed by atoms with Gasteiger partial charge in [-0.05, 0) is 36.6 Å². The summed E-state index contributed by atoms with van der Waals surface area (Å²) in [6.45, 7) is 1.48. The van der Waals surface area contributed by atoms with Gasteiger partial charge >= 0.3 is 0 Å². The van der Waals surface area contributed by atoms with Crippen LogP contribution in [0.15, 0.2) is 28.8 Å². The summed E-state index contributed by atoms with van der Waals surface area (Å²) in [4.78, 5) is 15.4. The Morgan fingerprint density at radius 2 is 1.96 bits per heavy atom. The fourth-order valence-electron chi connectivity index (χ4n) is 2.78. The second-order valence-corrected chi connectivity index (χ2v) is 5.96. The number of nitrogens with two attached hydrogens (primary N) is 1. The molecule has 1 heterocycles. The van der Waals surface area contributed by atoms with Gasteiger partial charge in [-0.15, -0.1) is 0 Å². The number of hydrogen-bond donors (Lipinski definition) is 2. The molecule has 0 spiro atoms. The van der Waals surface area contributed by atoms with E-state index in [1.807, 2.05) is 30.3 Å². The van der Waals surface area contributed by atoms with Crippen molar-refractivity contribution in [2.45, 2.75) is 38.1 Å². The van der Waals surface area contributed by atoms with E-state index >= 15 is 0 Å². The van der Waals surface area contributed by atoms with Crippen LogP contribution in [0, 0.1) is 0 Å². The summed E-state index contributed by atoms with van der Waals surface area (Å²) in [5.41, 5.74) is 7.62. The molecular formula is C17H20N4O2. The summed E-state index contributed by atoms with van der Waals surface area (Å²) >= 11 is 0. The standard InChI is InChI=1S/C17H20N4O2/c1-12(22)19-14-7-4-13(5-8-14)6-9-15-20-16(21-23-15)17(18)10-2-3-11-17/h4-9H,2-3,10-11,18H2,1H3,(H,19,22)/b9-6+. The molecule has 0 atom stereocenters. The maximum absolute atomic E-state index is 11.0. The molecule has 0 radical (unpaired) electrons. The molecule has 1 aromatic heterocycles. The molecule has 1 aromatic carbocycles. The quantitative estimate of drug-likeness (QED) is 0.905. The van der Waals surface area contributed by atoms with Crippen LogP contribution in [-0.4, -0.2) is 16.0 Å². The van der Waals surface area contributed by atoms with E-state index in [2.05, 4.69) is 15.5 Å². The molecule has 1 saturated carbocycles. The third-order valence-electron chi connectivity index (χ3n) is 4.03. The summed E-state index contributed by atoms with van der Waals surface area (Å²) in [5.74, 6) is 0.952. The second kappa shape index (κ2) is 6.34. The lowest BCUT2D eigenvalue weighted by Gasteiger charge is -2.17. The van der Waals surface area contributed by atoms with E-state index in [1.165, 1.54) is 6.92 Å². The van der Waals surface area contributed by atoms with Gasteiger partial charge < -0.3 is 15.6 Å². The lowest BCUT2D eigenvalue weighted by Crippen LogP contribution is -2.34. The van der Waals surface area contributed by atoms with Crippen molar-refractivity contribution in [3.63, 3.8) is 0 Å². The topological polar surface area (TPSA) is 94.0 Å². The van der Waals surface area contributed by atoms with Crippen LogP contribution in [0.2, 0.25) is 0 Å². The largest absolute Gasteiger partial charge is 0.335 e. The number of amides is 1. The molecule has 6 heteroatoms. The van der Waals surface area contributed by atoms with Crippen molar-refractivity contribution in [2.24, 2.45) is 5.73 Å². The van der Waals surface area contributed by atoms with Crippen molar-refractivity contribution in [1.82, 2.24) is 10.1 Å². The number of rotatable bonds is 4. The summed E-state index contributed by atoms with van der Waals surface area (Å²) in [5, 5.41) is 6.75. The van der Waals surface area contributed by atoms with Gasteiger partial charge in [0.05, 0.1) is 5.54 Å². The van der Waals surface area contributed by atoms with Crippen molar-refractivity contribution in [1.29, 1.82) is 0 Å². The molecule has 6 nitrogen and oxygen atoms in total. The minimum absolute atomic E-state index is 0.0886. The van der Waals surface area contributed by atoms with Gasteiger partial charge in [-0.1, -0.05) is 30.1 Å². The minimum Gasteiger partial charge on any atom is -0.335 e. The smallest absolute Gasteiger partial charge is 0.250 e. The molecule has 2 aromatic rings. The van der Waals surface area contributed by atoms with Gasteiger partial charge in [0.25, 0.3) is 5.89 Å². The molecular weight excluding hydrogens is 292 g/mol. The van der Waals surface area contributed by atoms with Crippen LogP contribution in [0.3, 0.4) is 0 Å². The lowest BCUT2D eigenvalue weighted by molar-refractivity contribution is -0.114. The Bertz CT molecular complexity index is 712. The zero-order valence-corrected chi connectivity index (χ0v) is 13.1. The van der Waals surface area contributed by atoms with E-state index < -0.39 is 5.54 Å². The van der Waals surface area contributed by atoms with E-state index in [0.29, 0.717) is 11.7 Å². The molecule has 1 aliphatic carbocycles. The number of carbonyl (C=O) groups is 1. The highest BCUT2D eigenvalue weighted by molar-refractivity contribution is 5.88. The Hall–Kier alpha value is -2.47. The van der Waals surface area contributed by atoms with Crippen molar-refractivity contribution >= 4 is 23.7 Å². The first kappa shape index (κ1) is 15.4. The Balaban J connectivity index is 1.68. The first-order valence-electron chi connectivity index (χ1n) is 7.74. The molecule has 3 rings (SSSR count). The monoisotopic (exact) mass is 312 g/mol. The van der Waals surface area contributed by atoms with Crippen molar-refractivity contribution in [2.75, 3.05) is 5.32 Å². The molecule has 1 aliphatic rings. The SMILES string of the molecule is CC(=O)Nc1ccc(/C=C/c2nc(C3(N)CCCC3)no2)cc1. The highest BCUT2D eigenvalue weighted by Crippen LogP contribution is 2.34. The third-order valence-corrected chi connectivity index (χ3v) is 4.03. The third kappa shape index (κ3) is 3.65. The Morgan fingerprint density at radius 3 is 2.61 bits per heavy atom. The highest BCUT2D eigenvalue weighted by atomic mass is 16.5. The summed E-state index contributed by atoms with van der Waals surface area (Å²) in [6, 6.07) is 7.49. The normalized spacial score (nSPS) is 16.8. The van der Waals surface area contributed by atoms with Crippen molar-refractivity contribution in [3.05, 3.63) is 41.5 Å². The number of anilines is 1. The highest BCUT2D eigenvalue weighted by Gasteiger charge is 2.35. The molecule has 120 valence electrons. The summed E-state index contributed by atoms with van der Waals surface area (Å²) in [6.07, 6.45) is 7.67. The molecule has 0 unspecified atom stereocenters. The fraction of sp³-hybridized carbons (Fsp3) is 0.353. The predicted molar refractivity (Wildman–Crippen MR) is 88.3 cm³/mol. The van der Waals surface area contributed by atoms with E-state index in [1.54, 1.807) is 6.08 Å². The molecule has 23 heavy (non-hydrogen) atoms. The van der Waals surface area contributed by atoms with Crippen molar-refractivity contribution in [3.8, 4) is 0 Å². The zero-order valence-electron chi connectivity index (χ0n) is 13.1. The van der Waals surface area contributed by atoms with Crippen LogP contribution >= 0.6 is 0 Å². The average molecular weight is 312 g/mol. The molecule has 1 amide bonds. The van der Waals surface area contributed by atoms with Crippen LogP contribution in [0.4, 0.5) is 5.69 Å². The van der Waals surface area contributed by atoms with Gasteiger partial charge in [0.15, 0.2) is 5.82 Å². The number of hydrogen-bond acceptors (Lipinski definition) is 5. The van der Waals surface area contributed by atoms with Crippen LogP contribution in [0.25, 0.3) is 12.2 Å². The maximum Gasteiger partial charge on any atom is 0.250 e. The molecule has 0 saturated heterocycles. The van der Waals surface area contributed by atoms with Gasteiger partial charge in [0, 0.05) is 18.7 Å². The van der Waals surface area contributed by atoms with E-state index in [9.17, 15) is 4.79 Å². The van der Waals surface area contributed by atoms with Crippen LogP contribution in [0.5, 0.6) is 0 Å². The predicted octanol–water partition coefficient (Wildman–Crippen LogP) is 2.93. The Labute approximate surface area is 134 Å². The minimum atomic E-state index is -0.435. The van der Waals surface area contributed by atoms with Crippen LogP contribution < -0.4 is 11.1 Å². The number of aromatic nitrogens is 2. The molecule has 0 aliphatic heterocycles. The molecule has 0 bridgehead atoms. The van der Waals surface area contributed by atoms with Crippen LogP contribution in [0.1, 0.15) is 49.9 Å². The number of benzene rings is 1. The zero-order chi connectivity index (χ0) is 16.3. The first-order valence-corrected chi connectivity index (χ1v) is 7.74. The maximum atomic E-state index is 11.0. The molecule has 1 fully saturated rings. The summed E-state index contributed by atoms with van der Waals surface area (Å²) in [7, 11) is 0. The first-order chi connectivity index (χ1) is 11.0. The van der Waals surface area contributed by atoms with E-state index in [4.69, 9.17) is 10.3 Å². The number of carbonyl (C=O) groups excluding carboxylic acids is 1. The fourth-order valence-corrected chi connectivity index (χ4v) is 2.78. The Morgan fingerprint density at radius 1 is 1.26 bits per heavy atom. The lowest BCUT2D eigenvalue weighted by atomic mass is 9.99.